The summed E-state index contributed by atoms with van der Waals surface area (Å²) in [6, 6.07) is 0.460. The van der Waals surface area contributed by atoms with Crippen LogP contribution in [-0.2, 0) is 6.54 Å². The Labute approximate surface area is 140 Å². The second-order valence-corrected chi connectivity index (χ2v) is 7.65. The van der Waals surface area contributed by atoms with Gasteiger partial charge < -0.3 is 20.2 Å². The number of aromatic nitrogens is 1. The lowest BCUT2D eigenvalue weighted by Crippen LogP contribution is -2.41. The molecule has 1 fully saturated rings. The van der Waals surface area contributed by atoms with E-state index >= 15 is 0 Å². The van der Waals surface area contributed by atoms with Crippen molar-refractivity contribution in [2.75, 3.05) is 26.0 Å². The number of likely N-dealkylation sites (N-methyl/N-ethyl adjacent to an activating group) is 1. The molecular weight excluding hydrogens is 284 g/mol. The molecule has 0 spiro atoms. The molecule has 1 aliphatic heterocycles. The SMILES string of the molecule is Cc1c2c(n(CCN(C)C)c1C)NC1CCCCCCC1C2=N. The van der Waals surface area contributed by atoms with E-state index in [0.717, 1.165) is 18.8 Å². The minimum absolute atomic E-state index is 0.408. The van der Waals surface area contributed by atoms with Crippen molar-refractivity contribution in [1.82, 2.24) is 9.47 Å². The topological polar surface area (TPSA) is 44.0 Å². The zero-order valence-electron chi connectivity index (χ0n) is 15.2. The number of fused-ring (bicyclic) bond motifs is 2. The molecule has 4 nitrogen and oxygen atoms in total. The molecule has 1 aromatic heterocycles. The van der Waals surface area contributed by atoms with Crippen LogP contribution in [0, 0.1) is 25.2 Å². The van der Waals surface area contributed by atoms with Crippen LogP contribution in [0.1, 0.15) is 55.3 Å². The highest BCUT2D eigenvalue weighted by molar-refractivity contribution is 6.08. The molecule has 2 unspecified atom stereocenters. The van der Waals surface area contributed by atoms with Gasteiger partial charge in [0.15, 0.2) is 0 Å². The molecule has 2 N–H and O–H groups in total. The number of hydrogen-bond donors (Lipinski definition) is 2. The number of nitrogens with zero attached hydrogens (tertiary/aromatic N) is 2. The summed E-state index contributed by atoms with van der Waals surface area (Å²) in [5.41, 5.74) is 4.72. The van der Waals surface area contributed by atoms with Crippen molar-refractivity contribution in [3.63, 3.8) is 0 Å². The molecule has 3 rings (SSSR count). The second kappa shape index (κ2) is 6.68. The van der Waals surface area contributed by atoms with E-state index < -0.39 is 0 Å². The van der Waals surface area contributed by atoms with Crippen LogP contribution in [0.5, 0.6) is 0 Å². The molecule has 4 heteroatoms. The molecule has 1 aliphatic carbocycles. The first kappa shape index (κ1) is 16.6. The first-order valence-corrected chi connectivity index (χ1v) is 9.20. The molecular formula is C19H32N4. The fourth-order valence-corrected chi connectivity index (χ4v) is 4.29. The Morgan fingerprint density at radius 3 is 2.52 bits per heavy atom. The first-order chi connectivity index (χ1) is 11.0. The number of anilines is 1. The Morgan fingerprint density at radius 2 is 1.83 bits per heavy atom. The molecule has 2 aliphatic rings. The van der Waals surface area contributed by atoms with Gasteiger partial charge in [-0.1, -0.05) is 25.7 Å². The van der Waals surface area contributed by atoms with Crippen LogP contribution in [0.3, 0.4) is 0 Å². The maximum absolute atomic E-state index is 8.87. The molecule has 0 radical (unpaired) electrons. The van der Waals surface area contributed by atoms with Crippen LogP contribution in [0.15, 0.2) is 0 Å². The molecule has 0 amide bonds. The van der Waals surface area contributed by atoms with Crippen LogP contribution >= 0.6 is 0 Å². The van der Waals surface area contributed by atoms with Gasteiger partial charge in [0.2, 0.25) is 0 Å². The van der Waals surface area contributed by atoms with E-state index in [-0.39, 0.29) is 0 Å². The zero-order chi connectivity index (χ0) is 16.6. The molecule has 128 valence electrons. The Hall–Kier alpha value is -1.29. The van der Waals surface area contributed by atoms with Crippen LogP contribution in [0.25, 0.3) is 0 Å². The molecule has 1 aromatic rings. The highest BCUT2D eigenvalue weighted by Crippen LogP contribution is 2.39. The van der Waals surface area contributed by atoms with Gasteiger partial charge in [-0.2, -0.15) is 0 Å². The molecule has 23 heavy (non-hydrogen) atoms. The fourth-order valence-electron chi connectivity index (χ4n) is 4.29. The van der Waals surface area contributed by atoms with E-state index in [1.165, 1.54) is 61.2 Å². The Morgan fingerprint density at radius 1 is 1.13 bits per heavy atom. The monoisotopic (exact) mass is 316 g/mol. The minimum atomic E-state index is 0.408. The van der Waals surface area contributed by atoms with E-state index in [0.29, 0.717) is 12.0 Å². The number of hydrogen-bond acceptors (Lipinski definition) is 3. The normalized spacial score (nSPS) is 24.7. The van der Waals surface area contributed by atoms with Crippen molar-refractivity contribution < 1.29 is 0 Å². The van der Waals surface area contributed by atoms with Gasteiger partial charge in [0.1, 0.15) is 5.82 Å². The average molecular weight is 316 g/mol. The summed E-state index contributed by atoms with van der Waals surface area (Å²) in [6.07, 6.45) is 7.66. The number of rotatable bonds is 3. The first-order valence-electron chi connectivity index (χ1n) is 9.20. The molecule has 2 atom stereocenters. The van der Waals surface area contributed by atoms with Gasteiger partial charge in [-0.25, -0.2) is 0 Å². The van der Waals surface area contributed by atoms with Crippen molar-refractivity contribution >= 4 is 11.5 Å². The van der Waals surface area contributed by atoms with Gasteiger partial charge in [0.05, 0.1) is 0 Å². The van der Waals surface area contributed by atoms with Crippen LogP contribution in [-0.4, -0.2) is 41.9 Å². The predicted octanol–water partition coefficient (Wildman–Crippen LogP) is 3.80. The predicted molar refractivity (Wildman–Crippen MR) is 97.9 cm³/mol. The lowest BCUT2D eigenvalue weighted by Gasteiger charge is -2.36. The third-order valence-corrected chi connectivity index (χ3v) is 5.83. The van der Waals surface area contributed by atoms with Crippen molar-refractivity contribution in [3.8, 4) is 0 Å². The van der Waals surface area contributed by atoms with Crippen molar-refractivity contribution in [3.05, 3.63) is 16.8 Å². The third kappa shape index (κ3) is 3.06. The standard InChI is InChI=1S/C19H32N4/c1-13-14(2)23(12-11-22(3)4)19-17(13)18(20)15-9-7-5-6-8-10-16(15)21-19/h15-16,20-21H,5-12H2,1-4H3. The van der Waals surface area contributed by atoms with E-state index in [1.54, 1.807) is 0 Å². The van der Waals surface area contributed by atoms with Crippen molar-refractivity contribution in [1.29, 1.82) is 5.41 Å². The molecule has 0 aromatic carbocycles. The zero-order valence-corrected chi connectivity index (χ0v) is 15.2. The summed E-state index contributed by atoms with van der Waals surface area (Å²) in [4.78, 5) is 2.23. The van der Waals surface area contributed by atoms with Crippen LogP contribution < -0.4 is 5.32 Å². The lowest BCUT2D eigenvalue weighted by molar-refractivity contribution is 0.380. The van der Waals surface area contributed by atoms with Gasteiger partial charge in [-0.15, -0.1) is 0 Å². The van der Waals surface area contributed by atoms with E-state index in [1.807, 2.05) is 0 Å². The summed E-state index contributed by atoms with van der Waals surface area (Å²) in [5, 5.41) is 12.7. The van der Waals surface area contributed by atoms with Crippen molar-refractivity contribution in [2.24, 2.45) is 5.92 Å². The van der Waals surface area contributed by atoms with E-state index in [2.05, 4.69) is 42.7 Å². The van der Waals surface area contributed by atoms with Crippen LogP contribution in [0.2, 0.25) is 0 Å². The average Bonchev–Trinajstić information content (AvgIpc) is 2.71. The van der Waals surface area contributed by atoms with Crippen molar-refractivity contribution in [2.45, 2.75) is 65.0 Å². The summed E-state index contributed by atoms with van der Waals surface area (Å²) in [5.74, 6) is 1.62. The largest absolute Gasteiger partial charge is 0.367 e. The molecule has 2 heterocycles. The molecule has 0 bridgehead atoms. The second-order valence-electron chi connectivity index (χ2n) is 7.65. The smallest absolute Gasteiger partial charge is 0.115 e. The highest BCUT2D eigenvalue weighted by Gasteiger charge is 2.36. The Bertz CT molecular complexity index is 585. The van der Waals surface area contributed by atoms with Gasteiger partial charge in [-0.05, 0) is 46.3 Å². The lowest BCUT2D eigenvalue weighted by atomic mass is 9.79. The fraction of sp³-hybridized carbons (Fsp3) is 0.737. The quantitative estimate of drug-likeness (QED) is 0.891. The van der Waals surface area contributed by atoms with E-state index in [4.69, 9.17) is 5.41 Å². The highest BCUT2D eigenvalue weighted by atomic mass is 15.2. The van der Waals surface area contributed by atoms with Gasteiger partial charge in [0.25, 0.3) is 0 Å². The summed E-state index contributed by atoms with van der Waals surface area (Å²) in [6.45, 7) is 6.43. The van der Waals surface area contributed by atoms with Gasteiger partial charge in [0, 0.05) is 42.0 Å². The third-order valence-electron chi connectivity index (χ3n) is 5.83. The maximum Gasteiger partial charge on any atom is 0.115 e. The maximum atomic E-state index is 8.87. The van der Waals surface area contributed by atoms with Crippen LogP contribution in [0.4, 0.5) is 5.82 Å². The minimum Gasteiger partial charge on any atom is -0.367 e. The Balaban J connectivity index is 1.96. The Kier molecular flexibility index (Phi) is 4.81. The van der Waals surface area contributed by atoms with Gasteiger partial charge >= 0.3 is 0 Å². The molecule has 0 saturated heterocycles. The van der Waals surface area contributed by atoms with E-state index in [9.17, 15) is 0 Å². The number of nitrogens with one attached hydrogen (secondary N) is 2. The summed E-state index contributed by atoms with van der Waals surface area (Å²) >= 11 is 0. The molecule has 1 saturated carbocycles. The summed E-state index contributed by atoms with van der Waals surface area (Å²) < 4.78 is 2.41. The summed E-state index contributed by atoms with van der Waals surface area (Å²) in [7, 11) is 4.25. The van der Waals surface area contributed by atoms with Gasteiger partial charge in [-0.3, -0.25) is 0 Å².